The molecular weight excluding hydrogens is 260 g/mol. The molecular formula is C18H22N2O. The molecule has 0 bridgehead atoms. The summed E-state index contributed by atoms with van der Waals surface area (Å²) >= 11 is 0. The summed E-state index contributed by atoms with van der Waals surface area (Å²) < 4.78 is 5.81. The topological polar surface area (TPSA) is 34.1 Å². The standard InChI is InChI=1S/C18H22N2O/c1-12-10-15(11-13(2)20-12)18(19-3)14-4-6-16(7-5-14)21-17-8-9-17/h4-7,10-11,17-19H,8-9H2,1-3H3. The second-order valence-corrected chi connectivity index (χ2v) is 5.79. The van der Waals surface area contributed by atoms with Crippen molar-refractivity contribution in [1.29, 1.82) is 0 Å². The lowest BCUT2D eigenvalue weighted by Crippen LogP contribution is -2.18. The van der Waals surface area contributed by atoms with Gasteiger partial charge in [-0.25, -0.2) is 0 Å². The van der Waals surface area contributed by atoms with Crippen molar-refractivity contribution in [2.45, 2.75) is 38.8 Å². The molecule has 3 rings (SSSR count). The highest BCUT2D eigenvalue weighted by Gasteiger charge is 2.23. The number of rotatable bonds is 5. The fourth-order valence-corrected chi connectivity index (χ4v) is 2.68. The molecule has 1 unspecified atom stereocenters. The molecule has 1 atom stereocenters. The molecule has 0 spiro atoms. The number of aryl methyl sites for hydroxylation is 2. The minimum absolute atomic E-state index is 0.181. The monoisotopic (exact) mass is 282 g/mol. The molecule has 1 aromatic carbocycles. The fraction of sp³-hybridized carbons (Fsp3) is 0.389. The molecule has 3 heteroatoms. The van der Waals surface area contributed by atoms with E-state index < -0.39 is 0 Å². The van der Waals surface area contributed by atoms with E-state index in [-0.39, 0.29) is 6.04 Å². The van der Waals surface area contributed by atoms with Gasteiger partial charge in [-0.1, -0.05) is 12.1 Å². The Labute approximate surface area is 126 Å². The van der Waals surface area contributed by atoms with Crippen LogP contribution in [0.15, 0.2) is 36.4 Å². The van der Waals surface area contributed by atoms with Gasteiger partial charge in [0.05, 0.1) is 12.1 Å². The summed E-state index contributed by atoms with van der Waals surface area (Å²) in [7, 11) is 1.99. The predicted molar refractivity (Wildman–Crippen MR) is 84.7 cm³/mol. The third-order valence-corrected chi connectivity index (χ3v) is 3.77. The van der Waals surface area contributed by atoms with Crippen molar-refractivity contribution in [1.82, 2.24) is 10.3 Å². The van der Waals surface area contributed by atoms with Gasteiger partial charge in [0.1, 0.15) is 5.75 Å². The molecule has 0 radical (unpaired) electrons. The van der Waals surface area contributed by atoms with Gasteiger partial charge >= 0.3 is 0 Å². The quantitative estimate of drug-likeness (QED) is 0.910. The van der Waals surface area contributed by atoms with Crippen LogP contribution in [0.25, 0.3) is 0 Å². The highest BCUT2D eigenvalue weighted by molar-refractivity contribution is 5.36. The Bertz CT molecular complexity index is 597. The Hall–Kier alpha value is -1.87. The summed E-state index contributed by atoms with van der Waals surface area (Å²) in [5, 5.41) is 3.39. The van der Waals surface area contributed by atoms with Gasteiger partial charge < -0.3 is 10.1 Å². The van der Waals surface area contributed by atoms with Crippen LogP contribution in [0, 0.1) is 13.8 Å². The fourth-order valence-electron chi connectivity index (χ4n) is 2.68. The van der Waals surface area contributed by atoms with Crippen molar-refractivity contribution in [2.75, 3.05) is 7.05 Å². The number of nitrogens with one attached hydrogen (secondary N) is 1. The highest BCUT2D eigenvalue weighted by Crippen LogP contribution is 2.29. The predicted octanol–water partition coefficient (Wildman–Crippen LogP) is 3.55. The molecule has 0 saturated heterocycles. The highest BCUT2D eigenvalue weighted by atomic mass is 16.5. The molecule has 2 aromatic rings. The average molecular weight is 282 g/mol. The first-order valence-electron chi connectivity index (χ1n) is 7.55. The lowest BCUT2D eigenvalue weighted by Gasteiger charge is -2.18. The Balaban J connectivity index is 1.84. The van der Waals surface area contributed by atoms with Gasteiger partial charge in [-0.05, 0) is 69.1 Å². The first-order chi connectivity index (χ1) is 10.2. The van der Waals surface area contributed by atoms with Gasteiger partial charge in [0.2, 0.25) is 0 Å². The van der Waals surface area contributed by atoms with Crippen LogP contribution in [-0.2, 0) is 0 Å². The van der Waals surface area contributed by atoms with E-state index in [1.54, 1.807) is 0 Å². The lowest BCUT2D eigenvalue weighted by atomic mass is 9.98. The summed E-state index contributed by atoms with van der Waals surface area (Å²) in [5.41, 5.74) is 4.60. The number of benzene rings is 1. The molecule has 1 aromatic heterocycles. The van der Waals surface area contributed by atoms with Crippen molar-refractivity contribution in [3.05, 3.63) is 58.9 Å². The number of nitrogens with zero attached hydrogens (tertiary/aromatic N) is 1. The summed E-state index contributed by atoms with van der Waals surface area (Å²) in [6, 6.07) is 12.9. The van der Waals surface area contributed by atoms with Crippen molar-refractivity contribution in [2.24, 2.45) is 0 Å². The van der Waals surface area contributed by atoms with Crippen LogP contribution in [0.5, 0.6) is 5.75 Å². The van der Waals surface area contributed by atoms with Gasteiger partial charge in [0.15, 0.2) is 0 Å². The van der Waals surface area contributed by atoms with E-state index >= 15 is 0 Å². The van der Waals surface area contributed by atoms with Crippen molar-refractivity contribution in [3.8, 4) is 5.75 Å². The first kappa shape index (κ1) is 14.1. The molecule has 110 valence electrons. The Morgan fingerprint density at radius 3 is 2.19 bits per heavy atom. The molecule has 1 N–H and O–H groups in total. The zero-order valence-electron chi connectivity index (χ0n) is 12.9. The summed E-state index contributed by atoms with van der Waals surface area (Å²) in [6.45, 7) is 4.07. The number of hydrogen-bond donors (Lipinski definition) is 1. The maximum Gasteiger partial charge on any atom is 0.119 e. The summed E-state index contributed by atoms with van der Waals surface area (Å²) in [5.74, 6) is 0.971. The maximum atomic E-state index is 5.81. The van der Waals surface area contributed by atoms with Gasteiger partial charge in [-0.3, -0.25) is 4.98 Å². The molecule has 0 aliphatic heterocycles. The lowest BCUT2D eigenvalue weighted by molar-refractivity contribution is 0.303. The second kappa shape index (κ2) is 5.86. The third kappa shape index (κ3) is 3.42. The molecule has 21 heavy (non-hydrogen) atoms. The molecule has 1 saturated carbocycles. The first-order valence-corrected chi connectivity index (χ1v) is 7.55. The van der Waals surface area contributed by atoms with E-state index in [1.807, 2.05) is 20.9 Å². The second-order valence-electron chi connectivity index (χ2n) is 5.79. The molecule has 3 nitrogen and oxygen atoms in total. The third-order valence-electron chi connectivity index (χ3n) is 3.77. The summed E-state index contributed by atoms with van der Waals surface area (Å²) in [4.78, 5) is 4.45. The van der Waals surface area contributed by atoms with Crippen LogP contribution in [0.2, 0.25) is 0 Å². The molecule has 1 heterocycles. The van der Waals surface area contributed by atoms with Crippen LogP contribution >= 0.6 is 0 Å². The van der Waals surface area contributed by atoms with E-state index in [4.69, 9.17) is 4.74 Å². The number of pyridine rings is 1. The largest absolute Gasteiger partial charge is 0.490 e. The van der Waals surface area contributed by atoms with Crippen LogP contribution in [0.4, 0.5) is 0 Å². The smallest absolute Gasteiger partial charge is 0.119 e. The molecule has 1 fully saturated rings. The van der Waals surface area contributed by atoms with E-state index in [2.05, 4.69) is 46.7 Å². The van der Waals surface area contributed by atoms with Crippen molar-refractivity contribution >= 4 is 0 Å². The van der Waals surface area contributed by atoms with E-state index in [0.717, 1.165) is 17.1 Å². The van der Waals surface area contributed by atoms with Crippen molar-refractivity contribution in [3.63, 3.8) is 0 Å². The van der Waals surface area contributed by atoms with Crippen molar-refractivity contribution < 1.29 is 4.74 Å². The average Bonchev–Trinajstić information content (AvgIpc) is 3.24. The normalized spacial score (nSPS) is 15.8. The SMILES string of the molecule is CNC(c1ccc(OC2CC2)cc1)c1cc(C)nc(C)c1. The Kier molecular flexibility index (Phi) is 3.93. The number of aromatic nitrogens is 1. The van der Waals surface area contributed by atoms with Gasteiger partial charge in [0.25, 0.3) is 0 Å². The number of ether oxygens (including phenoxy) is 1. The number of hydrogen-bond acceptors (Lipinski definition) is 3. The zero-order chi connectivity index (χ0) is 14.8. The van der Waals surface area contributed by atoms with Gasteiger partial charge in [-0.2, -0.15) is 0 Å². The molecule has 1 aliphatic rings. The Morgan fingerprint density at radius 1 is 1.05 bits per heavy atom. The van der Waals surface area contributed by atoms with Crippen LogP contribution < -0.4 is 10.1 Å². The van der Waals surface area contributed by atoms with E-state index in [0.29, 0.717) is 6.10 Å². The molecule has 0 amide bonds. The maximum absolute atomic E-state index is 5.81. The minimum Gasteiger partial charge on any atom is -0.490 e. The van der Waals surface area contributed by atoms with Crippen LogP contribution in [0.1, 0.15) is 41.4 Å². The molecule has 1 aliphatic carbocycles. The Morgan fingerprint density at radius 2 is 1.67 bits per heavy atom. The summed E-state index contributed by atoms with van der Waals surface area (Å²) in [6.07, 6.45) is 2.83. The van der Waals surface area contributed by atoms with Crippen LogP contribution in [0.3, 0.4) is 0 Å². The van der Waals surface area contributed by atoms with Crippen LogP contribution in [-0.4, -0.2) is 18.1 Å². The van der Waals surface area contributed by atoms with E-state index in [1.165, 1.54) is 24.0 Å². The minimum atomic E-state index is 0.181. The van der Waals surface area contributed by atoms with Gasteiger partial charge in [0, 0.05) is 11.4 Å². The van der Waals surface area contributed by atoms with Gasteiger partial charge in [-0.15, -0.1) is 0 Å². The van der Waals surface area contributed by atoms with E-state index in [9.17, 15) is 0 Å². The zero-order valence-corrected chi connectivity index (χ0v) is 12.9.